The minimum atomic E-state index is -0.926. The van der Waals surface area contributed by atoms with Gasteiger partial charge in [-0.15, -0.1) is 0 Å². The number of esters is 2. The number of carbonyl (C=O) groups excluding carboxylic acids is 2. The molecule has 0 spiro atoms. The Hall–Kier alpha value is -2.59. The maximum atomic E-state index is 12.2. The minimum Gasteiger partial charge on any atom is -0.497 e. The Labute approximate surface area is 134 Å². The quantitative estimate of drug-likeness (QED) is 0.820. The topological polar surface area (TPSA) is 97.7 Å². The van der Waals surface area contributed by atoms with Gasteiger partial charge in [-0.2, -0.15) is 5.26 Å². The lowest BCUT2D eigenvalue weighted by Gasteiger charge is -2.21. The number of methoxy groups -OCH3 is 3. The summed E-state index contributed by atoms with van der Waals surface area (Å²) in [6.07, 6.45) is 0. The van der Waals surface area contributed by atoms with Gasteiger partial charge in [0.05, 0.1) is 33.3 Å². The van der Waals surface area contributed by atoms with E-state index in [9.17, 15) is 14.9 Å². The Morgan fingerprint density at radius 1 is 1.04 bits per heavy atom. The molecule has 4 atom stereocenters. The van der Waals surface area contributed by atoms with E-state index in [2.05, 4.69) is 5.32 Å². The summed E-state index contributed by atoms with van der Waals surface area (Å²) < 4.78 is 14.7. The van der Waals surface area contributed by atoms with Gasteiger partial charge in [0.2, 0.25) is 0 Å². The van der Waals surface area contributed by atoms with Crippen LogP contribution in [0, 0.1) is 23.2 Å². The Balaban J connectivity index is 2.42. The molecule has 7 heteroatoms. The first-order valence-corrected chi connectivity index (χ1v) is 7.02. The number of benzene rings is 1. The van der Waals surface area contributed by atoms with Crippen LogP contribution in [0.15, 0.2) is 24.3 Å². The maximum Gasteiger partial charge on any atom is 0.312 e. The first kappa shape index (κ1) is 16.8. The van der Waals surface area contributed by atoms with Crippen LogP contribution in [0.4, 0.5) is 0 Å². The van der Waals surface area contributed by atoms with E-state index in [-0.39, 0.29) is 0 Å². The Bertz CT molecular complexity index is 622. The number of ether oxygens (including phenoxy) is 3. The fourth-order valence-electron chi connectivity index (χ4n) is 2.89. The van der Waals surface area contributed by atoms with Crippen molar-refractivity contribution in [3.8, 4) is 11.8 Å². The highest BCUT2D eigenvalue weighted by atomic mass is 16.5. The van der Waals surface area contributed by atoms with Crippen LogP contribution in [0.25, 0.3) is 0 Å². The third-order valence-corrected chi connectivity index (χ3v) is 4.02. The van der Waals surface area contributed by atoms with Crippen molar-refractivity contribution in [2.24, 2.45) is 11.8 Å². The van der Waals surface area contributed by atoms with E-state index >= 15 is 0 Å². The molecule has 122 valence electrons. The maximum absolute atomic E-state index is 12.2. The second-order valence-corrected chi connectivity index (χ2v) is 5.12. The van der Waals surface area contributed by atoms with Crippen molar-refractivity contribution in [2.45, 2.75) is 12.1 Å². The SMILES string of the molecule is COC(=O)[C@H]1[C@H](C(=O)OC)[C@H](c2ccc(OC)cc2)N[C@@H]1C#N. The molecule has 0 aromatic heterocycles. The summed E-state index contributed by atoms with van der Waals surface area (Å²) in [5.74, 6) is -2.28. The number of hydrogen-bond acceptors (Lipinski definition) is 7. The summed E-state index contributed by atoms with van der Waals surface area (Å²) in [4.78, 5) is 24.3. The Kier molecular flexibility index (Phi) is 5.19. The van der Waals surface area contributed by atoms with Gasteiger partial charge >= 0.3 is 11.9 Å². The summed E-state index contributed by atoms with van der Waals surface area (Å²) in [6, 6.07) is 7.71. The van der Waals surface area contributed by atoms with Crippen molar-refractivity contribution < 1.29 is 23.8 Å². The molecule has 1 N–H and O–H groups in total. The van der Waals surface area contributed by atoms with E-state index < -0.39 is 35.9 Å². The molecule has 0 saturated carbocycles. The van der Waals surface area contributed by atoms with Gasteiger partial charge in [0.15, 0.2) is 0 Å². The van der Waals surface area contributed by atoms with Crippen LogP contribution < -0.4 is 10.1 Å². The highest BCUT2D eigenvalue weighted by molar-refractivity contribution is 5.84. The molecule has 7 nitrogen and oxygen atoms in total. The fraction of sp³-hybridized carbons (Fsp3) is 0.438. The molecule has 2 rings (SSSR count). The molecule has 0 aliphatic carbocycles. The predicted molar refractivity (Wildman–Crippen MR) is 79.3 cm³/mol. The standard InChI is InChI=1S/C16H18N2O5/c1-21-10-6-4-9(5-7-10)14-13(16(20)23-3)12(15(19)22-2)11(8-17)18-14/h4-7,11-14,18H,1-3H3/t11-,12-,13+,14+/m1/s1. The second-order valence-electron chi connectivity index (χ2n) is 5.12. The number of nitrogens with one attached hydrogen (secondary N) is 1. The number of nitrogens with zero attached hydrogens (tertiary/aromatic N) is 1. The van der Waals surface area contributed by atoms with Gasteiger partial charge in [-0.05, 0) is 17.7 Å². The normalized spacial score (nSPS) is 26.2. The summed E-state index contributed by atoms with van der Waals surface area (Å²) in [6.45, 7) is 0. The van der Waals surface area contributed by atoms with E-state index in [0.717, 1.165) is 5.56 Å². The van der Waals surface area contributed by atoms with Crippen molar-refractivity contribution in [2.75, 3.05) is 21.3 Å². The average molecular weight is 318 g/mol. The van der Waals surface area contributed by atoms with Crippen LogP contribution in [0.1, 0.15) is 11.6 Å². The highest BCUT2D eigenvalue weighted by Crippen LogP contribution is 2.39. The van der Waals surface area contributed by atoms with E-state index in [1.807, 2.05) is 6.07 Å². The molecule has 1 heterocycles. The average Bonchev–Trinajstić information content (AvgIpc) is 2.99. The molecule has 1 aromatic carbocycles. The first-order chi connectivity index (χ1) is 11.1. The van der Waals surface area contributed by atoms with Gasteiger partial charge in [0, 0.05) is 6.04 Å². The zero-order valence-corrected chi connectivity index (χ0v) is 13.1. The van der Waals surface area contributed by atoms with E-state index in [1.54, 1.807) is 31.4 Å². The number of rotatable bonds is 4. The van der Waals surface area contributed by atoms with Crippen molar-refractivity contribution in [3.63, 3.8) is 0 Å². The summed E-state index contributed by atoms with van der Waals surface area (Å²) in [7, 11) is 4.03. The largest absolute Gasteiger partial charge is 0.497 e. The first-order valence-electron chi connectivity index (χ1n) is 7.02. The molecule has 1 aliphatic heterocycles. The lowest BCUT2D eigenvalue weighted by atomic mass is 9.84. The lowest BCUT2D eigenvalue weighted by molar-refractivity contribution is -0.156. The zero-order valence-electron chi connectivity index (χ0n) is 13.1. The van der Waals surface area contributed by atoms with Crippen molar-refractivity contribution in [1.29, 1.82) is 5.26 Å². The van der Waals surface area contributed by atoms with E-state index in [4.69, 9.17) is 14.2 Å². The molecular weight excluding hydrogens is 300 g/mol. The molecule has 23 heavy (non-hydrogen) atoms. The third kappa shape index (κ3) is 3.12. The smallest absolute Gasteiger partial charge is 0.312 e. The van der Waals surface area contributed by atoms with Crippen LogP contribution in [0.3, 0.4) is 0 Å². The van der Waals surface area contributed by atoms with Gasteiger partial charge in [0.1, 0.15) is 17.7 Å². The second kappa shape index (κ2) is 7.11. The Morgan fingerprint density at radius 3 is 2.09 bits per heavy atom. The molecule has 1 aromatic rings. The summed E-state index contributed by atoms with van der Waals surface area (Å²) >= 11 is 0. The third-order valence-electron chi connectivity index (χ3n) is 4.02. The van der Waals surface area contributed by atoms with E-state index in [0.29, 0.717) is 5.75 Å². The summed E-state index contributed by atoms with van der Waals surface area (Å²) in [5, 5.41) is 12.3. The minimum absolute atomic E-state index is 0.526. The molecule has 1 fully saturated rings. The van der Waals surface area contributed by atoms with Crippen molar-refractivity contribution >= 4 is 11.9 Å². The lowest BCUT2D eigenvalue weighted by Crippen LogP contribution is -2.35. The number of carbonyl (C=O) groups is 2. The Morgan fingerprint density at radius 2 is 1.61 bits per heavy atom. The van der Waals surface area contributed by atoms with E-state index in [1.165, 1.54) is 14.2 Å². The molecular formula is C16H18N2O5. The van der Waals surface area contributed by atoms with Gasteiger partial charge in [-0.1, -0.05) is 12.1 Å². The molecule has 0 unspecified atom stereocenters. The molecule has 1 saturated heterocycles. The molecule has 1 aliphatic rings. The predicted octanol–water partition coefficient (Wildman–Crippen LogP) is 0.810. The van der Waals surface area contributed by atoms with Crippen LogP contribution in [0.5, 0.6) is 5.75 Å². The number of hydrogen-bond donors (Lipinski definition) is 1. The van der Waals surface area contributed by atoms with Gasteiger partial charge < -0.3 is 14.2 Å². The van der Waals surface area contributed by atoms with Crippen LogP contribution in [-0.4, -0.2) is 39.3 Å². The van der Waals surface area contributed by atoms with Crippen molar-refractivity contribution in [1.82, 2.24) is 5.32 Å². The zero-order chi connectivity index (χ0) is 17.0. The van der Waals surface area contributed by atoms with Gasteiger partial charge in [-0.3, -0.25) is 14.9 Å². The van der Waals surface area contributed by atoms with Gasteiger partial charge in [0.25, 0.3) is 0 Å². The monoisotopic (exact) mass is 318 g/mol. The number of nitriles is 1. The van der Waals surface area contributed by atoms with Crippen molar-refractivity contribution in [3.05, 3.63) is 29.8 Å². The van der Waals surface area contributed by atoms with Crippen LogP contribution in [-0.2, 0) is 19.1 Å². The van der Waals surface area contributed by atoms with Crippen LogP contribution in [0.2, 0.25) is 0 Å². The highest BCUT2D eigenvalue weighted by Gasteiger charge is 2.52. The molecule has 0 radical (unpaired) electrons. The molecule has 0 bridgehead atoms. The van der Waals surface area contributed by atoms with Gasteiger partial charge in [-0.25, -0.2) is 0 Å². The van der Waals surface area contributed by atoms with Crippen LogP contribution >= 0.6 is 0 Å². The molecule has 0 amide bonds. The summed E-state index contributed by atoms with van der Waals surface area (Å²) in [5.41, 5.74) is 0.757. The fourth-order valence-corrected chi connectivity index (χ4v) is 2.89.